The highest BCUT2D eigenvalue weighted by molar-refractivity contribution is 5.85. The maximum Gasteiger partial charge on any atom is 0.326 e. The lowest BCUT2D eigenvalue weighted by atomic mass is 9.96. The van der Waals surface area contributed by atoms with Crippen molar-refractivity contribution >= 4 is 17.9 Å². The van der Waals surface area contributed by atoms with E-state index in [1.165, 1.54) is 0 Å². The first-order valence-electron chi connectivity index (χ1n) is 8.41. The summed E-state index contributed by atoms with van der Waals surface area (Å²) in [6.45, 7) is 7.49. The van der Waals surface area contributed by atoms with Crippen LogP contribution in [0.3, 0.4) is 0 Å². The Kier molecular flexibility index (Phi) is 7.85. The Bertz CT molecular complexity index is 426. The van der Waals surface area contributed by atoms with Crippen LogP contribution >= 0.6 is 0 Å². The monoisotopic (exact) mass is 327 g/mol. The van der Waals surface area contributed by atoms with Gasteiger partial charge >= 0.3 is 12.0 Å². The smallest absolute Gasteiger partial charge is 0.326 e. The van der Waals surface area contributed by atoms with E-state index in [1.54, 1.807) is 4.90 Å². The highest BCUT2D eigenvalue weighted by atomic mass is 16.4. The summed E-state index contributed by atoms with van der Waals surface area (Å²) in [5.74, 6) is -1.25. The number of carboxylic acids is 1. The van der Waals surface area contributed by atoms with Gasteiger partial charge in [-0.3, -0.25) is 4.79 Å². The lowest BCUT2D eigenvalue weighted by Gasteiger charge is -2.32. The van der Waals surface area contributed by atoms with Gasteiger partial charge in [0.15, 0.2) is 0 Å². The Morgan fingerprint density at radius 2 is 2.00 bits per heavy atom. The lowest BCUT2D eigenvalue weighted by Crippen LogP contribution is -2.51. The van der Waals surface area contributed by atoms with Gasteiger partial charge in [0.1, 0.15) is 6.04 Å². The molecule has 0 saturated carbocycles. The van der Waals surface area contributed by atoms with Gasteiger partial charge in [-0.15, -0.1) is 0 Å². The number of carboxylic acid groups (broad SMARTS) is 1. The molecule has 1 heterocycles. The average molecular weight is 327 g/mol. The molecule has 132 valence electrons. The van der Waals surface area contributed by atoms with Gasteiger partial charge in [-0.1, -0.05) is 27.2 Å². The van der Waals surface area contributed by atoms with Gasteiger partial charge < -0.3 is 20.6 Å². The molecule has 0 spiro atoms. The molecule has 3 amide bonds. The van der Waals surface area contributed by atoms with Gasteiger partial charge in [-0.05, 0) is 25.2 Å². The van der Waals surface area contributed by atoms with Crippen molar-refractivity contribution in [3.05, 3.63) is 0 Å². The maximum absolute atomic E-state index is 12.3. The Morgan fingerprint density at radius 3 is 2.57 bits per heavy atom. The molecular weight excluding hydrogens is 298 g/mol. The van der Waals surface area contributed by atoms with Crippen LogP contribution in [0, 0.1) is 11.8 Å². The summed E-state index contributed by atoms with van der Waals surface area (Å²) >= 11 is 0. The van der Waals surface area contributed by atoms with Crippen LogP contribution in [0.4, 0.5) is 4.79 Å². The molecule has 0 aliphatic carbocycles. The number of piperidine rings is 1. The molecule has 3 N–H and O–H groups in total. The highest BCUT2D eigenvalue weighted by Gasteiger charge is 2.30. The molecule has 1 saturated heterocycles. The summed E-state index contributed by atoms with van der Waals surface area (Å²) in [7, 11) is 0. The van der Waals surface area contributed by atoms with E-state index >= 15 is 0 Å². The number of hydrogen-bond acceptors (Lipinski definition) is 3. The zero-order valence-electron chi connectivity index (χ0n) is 14.3. The topological polar surface area (TPSA) is 98.7 Å². The quantitative estimate of drug-likeness (QED) is 0.659. The Hall–Kier alpha value is -1.79. The second-order valence-electron chi connectivity index (χ2n) is 6.55. The van der Waals surface area contributed by atoms with Gasteiger partial charge in [0.2, 0.25) is 5.91 Å². The Morgan fingerprint density at radius 1 is 1.30 bits per heavy atom. The lowest BCUT2D eigenvalue weighted by molar-refractivity contribution is -0.143. The van der Waals surface area contributed by atoms with Gasteiger partial charge in [0.05, 0.1) is 5.92 Å². The number of rotatable bonds is 7. The van der Waals surface area contributed by atoms with Crippen LogP contribution in [-0.2, 0) is 9.59 Å². The number of nitrogens with one attached hydrogen (secondary N) is 2. The number of carbonyl (C=O) groups excluding carboxylic acids is 2. The van der Waals surface area contributed by atoms with Crippen LogP contribution in [0.2, 0.25) is 0 Å². The predicted molar refractivity (Wildman–Crippen MR) is 87.0 cm³/mol. The highest BCUT2D eigenvalue weighted by Crippen LogP contribution is 2.17. The van der Waals surface area contributed by atoms with Crippen LogP contribution < -0.4 is 10.6 Å². The zero-order chi connectivity index (χ0) is 17.4. The minimum absolute atomic E-state index is 0.153. The van der Waals surface area contributed by atoms with E-state index in [9.17, 15) is 14.4 Å². The molecule has 0 bridgehead atoms. The van der Waals surface area contributed by atoms with Gasteiger partial charge in [0.25, 0.3) is 0 Å². The molecular formula is C16H29N3O4. The average Bonchev–Trinajstić information content (AvgIpc) is 2.52. The van der Waals surface area contributed by atoms with E-state index in [2.05, 4.69) is 10.6 Å². The Labute approximate surface area is 137 Å². The fourth-order valence-electron chi connectivity index (χ4n) is 2.61. The van der Waals surface area contributed by atoms with E-state index in [1.807, 2.05) is 20.8 Å². The third kappa shape index (κ3) is 6.46. The molecule has 23 heavy (non-hydrogen) atoms. The molecule has 1 aliphatic heterocycles. The molecule has 2 unspecified atom stereocenters. The number of carbonyl (C=O) groups is 3. The third-order valence-electron chi connectivity index (χ3n) is 3.93. The van der Waals surface area contributed by atoms with Crippen LogP contribution in [0.15, 0.2) is 0 Å². The summed E-state index contributed by atoms with van der Waals surface area (Å²) in [6.07, 6.45) is 2.52. The van der Waals surface area contributed by atoms with Crippen molar-refractivity contribution in [1.82, 2.24) is 15.5 Å². The minimum atomic E-state index is -1.01. The van der Waals surface area contributed by atoms with Gasteiger partial charge in [-0.2, -0.15) is 0 Å². The Balaban J connectivity index is 2.54. The molecule has 0 aromatic carbocycles. The number of amides is 3. The number of nitrogens with zero attached hydrogens (tertiary/aromatic N) is 1. The summed E-state index contributed by atoms with van der Waals surface area (Å²) < 4.78 is 0. The first-order valence-corrected chi connectivity index (χ1v) is 8.41. The number of hydrogen-bond donors (Lipinski definition) is 3. The molecule has 1 rings (SSSR count). The fourth-order valence-corrected chi connectivity index (χ4v) is 2.61. The summed E-state index contributed by atoms with van der Waals surface area (Å²) in [6, 6.07) is -1.00. The van der Waals surface area contributed by atoms with Crippen LogP contribution in [0.5, 0.6) is 0 Å². The van der Waals surface area contributed by atoms with Crippen molar-refractivity contribution in [2.24, 2.45) is 11.8 Å². The van der Waals surface area contributed by atoms with Crippen molar-refractivity contribution in [1.29, 1.82) is 0 Å². The van der Waals surface area contributed by atoms with Crippen LogP contribution in [0.25, 0.3) is 0 Å². The van der Waals surface area contributed by atoms with Crippen molar-refractivity contribution in [3.63, 3.8) is 0 Å². The van der Waals surface area contributed by atoms with Crippen molar-refractivity contribution in [2.45, 2.75) is 52.5 Å². The SMILES string of the molecule is CCCC(NC(=O)C1CCCN(C(=O)NCC(C)C)C1)C(=O)O. The molecule has 2 atom stereocenters. The van der Waals surface area contributed by atoms with Crippen molar-refractivity contribution in [2.75, 3.05) is 19.6 Å². The van der Waals surface area contributed by atoms with E-state index in [0.717, 1.165) is 6.42 Å². The second-order valence-corrected chi connectivity index (χ2v) is 6.55. The van der Waals surface area contributed by atoms with Crippen molar-refractivity contribution in [3.8, 4) is 0 Å². The van der Waals surface area contributed by atoms with Crippen molar-refractivity contribution < 1.29 is 19.5 Å². The predicted octanol–water partition coefficient (Wildman–Crippen LogP) is 1.43. The number of urea groups is 1. The molecule has 1 aliphatic rings. The first-order chi connectivity index (χ1) is 10.8. The van der Waals surface area contributed by atoms with Gasteiger partial charge in [-0.25, -0.2) is 9.59 Å². The molecule has 0 radical (unpaired) electrons. The minimum Gasteiger partial charge on any atom is -0.480 e. The molecule has 1 fully saturated rings. The van der Waals surface area contributed by atoms with Gasteiger partial charge in [0, 0.05) is 19.6 Å². The van der Waals surface area contributed by atoms with Crippen LogP contribution in [-0.4, -0.2) is 53.6 Å². The van der Waals surface area contributed by atoms with E-state index < -0.39 is 12.0 Å². The molecule has 7 nitrogen and oxygen atoms in total. The van der Waals surface area contributed by atoms with E-state index in [0.29, 0.717) is 44.8 Å². The first kappa shape index (κ1) is 19.3. The largest absolute Gasteiger partial charge is 0.480 e. The number of likely N-dealkylation sites (tertiary alicyclic amines) is 1. The summed E-state index contributed by atoms with van der Waals surface area (Å²) in [5.41, 5.74) is 0. The standard InChI is InChI=1S/C16H29N3O4/c1-4-6-13(15(21)22)18-14(20)12-7-5-8-19(10-12)16(23)17-9-11(2)3/h11-13H,4-10H2,1-3H3,(H,17,23)(H,18,20)(H,21,22). The fraction of sp³-hybridized carbons (Fsp3) is 0.812. The summed E-state index contributed by atoms with van der Waals surface area (Å²) in [5, 5.41) is 14.6. The zero-order valence-corrected chi connectivity index (χ0v) is 14.3. The summed E-state index contributed by atoms with van der Waals surface area (Å²) in [4.78, 5) is 37.2. The van der Waals surface area contributed by atoms with E-state index in [-0.39, 0.29) is 17.9 Å². The normalized spacial score (nSPS) is 19.3. The van der Waals surface area contributed by atoms with E-state index in [4.69, 9.17) is 5.11 Å². The number of aliphatic carboxylic acids is 1. The molecule has 0 aromatic heterocycles. The third-order valence-corrected chi connectivity index (χ3v) is 3.93. The van der Waals surface area contributed by atoms with Crippen LogP contribution in [0.1, 0.15) is 46.5 Å². The second kappa shape index (κ2) is 9.37. The molecule has 0 aromatic rings. The molecule has 7 heteroatoms. The maximum atomic E-state index is 12.3.